The molecule has 1 atom stereocenters. The van der Waals surface area contributed by atoms with Crippen molar-refractivity contribution in [3.63, 3.8) is 0 Å². The summed E-state index contributed by atoms with van der Waals surface area (Å²) in [6.07, 6.45) is 0.341. The highest BCUT2D eigenvalue weighted by molar-refractivity contribution is 5.85. The molecular formula is C13H16N2O2. The van der Waals surface area contributed by atoms with Crippen LogP contribution in [0.25, 0.3) is 10.9 Å². The molecule has 1 aromatic heterocycles. The van der Waals surface area contributed by atoms with E-state index < -0.39 is 6.10 Å². The molecular weight excluding hydrogens is 216 g/mol. The van der Waals surface area contributed by atoms with E-state index in [2.05, 4.69) is 4.98 Å². The Bertz CT molecular complexity index is 548. The average Bonchev–Trinajstić information content (AvgIpc) is 2.75. The summed E-state index contributed by atoms with van der Waals surface area (Å²) in [6, 6.07) is 5.93. The van der Waals surface area contributed by atoms with Crippen molar-refractivity contribution in [1.82, 2.24) is 4.98 Å². The van der Waals surface area contributed by atoms with Gasteiger partial charge in [0.15, 0.2) is 0 Å². The lowest BCUT2D eigenvalue weighted by molar-refractivity contribution is 0.111. The zero-order valence-corrected chi connectivity index (χ0v) is 9.57. The second kappa shape index (κ2) is 4.14. The summed E-state index contributed by atoms with van der Waals surface area (Å²) in [6.45, 7) is 1.67. The number of rotatable bonds is 2. The lowest BCUT2D eigenvalue weighted by atomic mass is 10.0. The highest BCUT2D eigenvalue weighted by atomic mass is 16.5. The number of aliphatic hydroxyl groups is 1. The summed E-state index contributed by atoms with van der Waals surface area (Å²) in [5, 5.41) is 10.9. The third-order valence-electron chi connectivity index (χ3n) is 3.37. The van der Waals surface area contributed by atoms with E-state index in [1.807, 2.05) is 18.2 Å². The molecule has 0 radical (unpaired) electrons. The fraction of sp³-hybridized carbons (Fsp3) is 0.385. The Hall–Kier alpha value is -1.36. The molecule has 0 fully saturated rings. The van der Waals surface area contributed by atoms with Crippen LogP contribution in [0.2, 0.25) is 0 Å². The van der Waals surface area contributed by atoms with Crippen molar-refractivity contribution in [3.8, 4) is 0 Å². The fourth-order valence-corrected chi connectivity index (χ4v) is 2.39. The van der Waals surface area contributed by atoms with Gasteiger partial charge in [-0.2, -0.15) is 0 Å². The van der Waals surface area contributed by atoms with Crippen molar-refractivity contribution < 1.29 is 9.84 Å². The minimum atomic E-state index is -0.588. The molecule has 1 unspecified atom stereocenters. The van der Waals surface area contributed by atoms with Gasteiger partial charge in [0, 0.05) is 35.1 Å². The molecule has 0 amide bonds. The third-order valence-corrected chi connectivity index (χ3v) is 3.37. The van der Waals surface area contributed by atoms with Crippen molar-refractivity contribution in [1.29, 1.82) is 0 Å². The molecule has 90 valence electrons. The second-order valence-electron chi connectivity index (χ2n) is 4.44. The molecule has 17 heavy (non-hydrogen) atoms. The van der Waals surface area contributed by atoms with Gasteiger partial charge in [-0.1, -0.05) is 6.07 Å². The first-order valence-electron chi connectivity index (χ1n) is 5.89. The molecule has 1 aliphatic rings. The number of nitrogens with two attached hydrogens (primary N) is 1. The molecule has 4 heteroatoms. The van der Waals surface area contributed by atoms with Crippen molar-refractivity contribution in [2.45, 2.75) is 19.1 Å². The summed E-state index contributed by atoms with van der Waals surface area (Å²) in [5.74, 6) is 0. The van der Waals surface area contributed by atoms with Crippen LogP contribution in [0.15, 0.2) is 18.2 Å². The van der Waals surface area contributed by atoms with Crippen LogP contribution in [0.5, 0.6) is 0 Å². The number of fused-ring (bicyclic) bond motifs is 3. The van der Waals surface area contributed by atoms with Crippen molar-refractivity contribution in [2.24, 2.45) is 5.73 Å². The summed E-state index contributed by atoms with van der Waals surface area (Å²) in [7, 11) is 0. The zero-order chi connectivity index (χ0) is 11.8. The Morgan fingerprint density at radius 2 is 2.35 bits per heavy atom. The summed E-state index contributed by atoms with van der Waals surface area (Å²) < 4.78 is 5.48. The fourth-order valence-electron chi connectivity index (χ4n) is 2.39. The molecule has 0 saturated heterocycles. The monoisotopic (exact) mass is 232 g/mol. The van der Waals surface area contributed by atoms with Crippen LogP contribution in [0.3, 0.4) is 0 Å². The molecule has 4 nitrogen and oxygen atoms in total. The van der Waals surface area contributed by atoms with E-state index in [1.165, 1.54) is 11.3 Å². The number of ether oxygens (including phenoxy) is 1. The number of benzene rings is 1. The molecule has 1 aliphatic heterocycles. The maximum absolute atomic E-state index is 9.76. The van der Waals surface area contributed by atoms with Gasteiger partial charge in [-0.15, -0.1) is 0 Å². The molecule has 0 aliphatic carbocycles. The number of aromatic nitrogens is 1. The van der Waals surface area contributed by atoms with Crippen LogP contribution in [-0.2, 0) is 17.8 Å². The molecule has 3 rings (SSSR count). The third kappa shape index (κ3) is 1.74. The van der Waals surface area contributed by atoms with Crippen LogP contribution < -0.4 is 5.73 Å². The Kier molecular flexibility index (Phi) is 2.63. The molecule has 2 aromatic rings. The maximum Gasteiger partial charge on any atom is 0.0912 e. The lowest BCUT2D eigenvalue weighted by Gasteiger charge is -2.12. The van der Waals surface area contributed by atoms with Crippen LogP contribution in [0, 0.1) is 0 Å². The van der Waals surface area contributed by atoms with Crippen molar-refractivity contribution >= 4 is 10.9 Å². The number of aliphatic hydroxyl groups excluding tert-OH is 1. The molecule has 2 heterocycles. The van der Waals surface area contributed by atoms with Crippen LogP contribution >= 0.6 is 0 Å². The molecule has 0 saturated carbocycles. The van der Waals surface area contributed by atoms with Gasteiger partial charge in [0.1, 0.15) is 0 Å². The first-order chi connectivity index (χ1) is 8.29. The van der Waals surface area contributed by atoms with Gasteiger partial charge in [-0.3, -0.25) is 0 Å². The van der Waals surface area contributed by atoms with Gasteiger partial charge < -0.3 is 20.6 Å². The first-order valence-corrected chi connectivity index (χ1v) is 5.89. The Morgan fingerprint density at radius 1 is 1.47 bits per heavy atom. The Morgan fingerprint density at radius 3 is 3.18 bits per heavy atom. The molecule has 0 bridgehead atoms. The topological polar surface area (TPSA) is 71.3 Å². The summed E-state index contributed by atoms with van der Waals surface area (Å²) in [4.78, 5) is 3.41. The Labute approximate surface area is 99.4 Å². The first kappa shape index (κ1) is 10.8. The van der Waals surface area contributed by atoms with E-state index in [0.717, 1.165) is 29.5 Å². The zero-order valence-electron chi connectivity index (χ0n) is 9.57. The maximum atomic E-state index is 9.76. The summed E-state index contributed by atoms with van der Waals surface area (Å²) >= 11 is 0. The number of hydrogen-bond donors (Lipinski definition) is 3. The summed E-state index contributed by atoms with van der Waals surface area (Å²) in [5.41, 5.74) is 9.93. The van der Waals surface area contributed by atoms with Gasteiger partial charge >= 0.3 is 0 Å². The predicted molar refractivity (Wildman–Crippen MR) is 65.7 cm³/mol. The minimum Gasteiger partial charge on any atom is -0.387 e. The SMILES string of the molecule is NCC(O)c1ccc2[nH]c3c(c2c1)COCC3. The van der Waals surface area contributed by atoms with Crippen LogP contribution in [0.4, 0.5) is 0 Å². The second-order valence-corrected chi connectivity index (χ2v) is 4.44. The smallest absolute Gasteiger partial charge is 0.0912 e. The quantitative estimate of drug-likeness (QED) is 0.729. The van der Waals surface area contributed by atoms with Gasteiger partial charge in [-0.25, -0.2) is 0 Å². The Balaban J connectivity index is 2.14. The van der Waals surface area contributed by atoms with E-state index in [0.29, 0.717) is 6.61 Å². The molecule has 4 N–H and O–H groups in total. The van der Waals surface area contributed by atoms with Gasteiger partial charge in [-0.05, 0) is 17.7 Å². The predicted octanol–water partition coefficient (Wildman–Crippen LogP) is 1.23. The molecule has 1 aromatic carbocycles. The number of H-pyrrole nitrogens is 1. The van der Waals surface area contributed by atoms with Crippen molar-refractivity contribution in [2.75, 3.05) is 13.2 Å². The number of hydrogen-bond acceptors (Lipinski definition) is 3. The number of aromatic amines is 1. The minimum absolute atomic E-state index is 0.245. The molecule has 0 spiro atoms. The average molecular weight is 232 g/mol. The highest BCUT2D eigenvalue weighted by Crippen LogP contribution is 2.28. The van der Waals surface area contributed by atoms with Crippen LogP contribution in [0.1, 0.15) is 22.9 Å². The van der Waals surface area contributed by atoms with Crippen LogP contribution in [-0.4, -0.2) is 23.2 Å². The standard InChI is InChI=1S/C13H16N2O2/c14-6-13(16)8-1-2-11-9(5-8)10-7-17-4-3-12(10)15-11/h1-2,5,13,15-16H,3-4,6-7,14H2. The highest BCUT2D eigenvalue weighted by Gasteiger charge is 2.16. The normalized spacial score (nSPS) is 17.1. The van der Waals surface area contributed by atoms with E-state index in [9.17, 15) is 5.11 Å². The van der Waals surface area contributed by atoms with Gasteiger partial charge in [0.05, 0.1) is 19.3 Å². The van der Waals surface area contributed by atoms with E-state index in [-0.39, 0.29) is 6.54 Å². The van der Waals surface area contributed by atoms with E-state index in [1.54, 1.807) is 0 Å². The number of nitrogens with one attached hydrogen (secondary N) is 1. The van der Waals surface area contributed by atoms with E-state index >= 15 is 0 Å². The van der Waals surface area contributed by atoms with Gasteiger partial charge in [0.25, 0.3) is 0 Å². The van der Waals surface area contributed by atoms with Crippen molar-refractivity contribution in [3.05, 3.63) is 35.0 Å². The largest absolute Gasteiger partial charge is 0.387 e. The van der Waals surface area contributed by atoms with Gasteiger partial charge in [0.2, 0.25) is 0 Å². The lowest BCUT2D eigenvalue weighted by Crippen LogP contribution is -2.11. The van der Waals surface area contributed by atoms with E-state index in [4.69, 9.17) is 10.5 Å².